The molecule has 1 atom stereocenters. The SMILES string of the molecule is CC(C)=C(F)C(=O)NC1CCOC1. The molecule has 0 aliphatic carbocycles. The fraction of sp³-hybridized carbons (Fsp3) is 0.667. The molecule has 1 saturated heterocycles. The fourth-order valence-electron chi connectivity index (χ4n) is 1.12. The zero-order valence-corrected chi connectivity index (χ0v) is 7.89. The number of carbonyl (C=O) groups is 1. The summed E-state index contributed by atoms with van der Waals surface area (Å²) in [4.78, 5) is 11.1. The monoisotopic (exact) mass is 187 g/mol. The van der Waals surface area contributed by atoms with Crippen LogP contribution in [-0.2, 0) is 9.53 Å². The van der Waals surface area contributed by atoms with Gasteiger partial charge in [0.2, 0.25) is 0 Å². The second-order valence-electron chi connectivity index (χ2n) is 3.35. The molecule has 0 spiro atoms. The van der Waals surface area contributed by atoms with Crippen LogP contribution in [0.25, 0.3) is 0 Å². The van der Waals surface area contributed by atoms with E-state index in [9.17, 15) is 9.18 Å². The van der Waals surface area contributed by atoms with Gasteiger partial charge in [-0.25, -0.2) is 4.39 Å². The highest BCUT2D eigenvalue weighted by atomic mass is 19.1. The van der Waals surface area contributed by atoms with Gasteiger partial charge in [-0.2, -0.15) is 0 Å². The van der Waals surface area contributed by atoms with E-state index < -0.39 is 11.7 Å². The molecule has 1 aliphatic heterocycles. The van der Waals surface area contributed by atoms with Gasteiger partial charge in [-0.05, 0) is 25.8 Å². The number of amides is 1. The summed E-state index contributed by atoms with van der Waals surface area (Å²) >= 11 is 0. The molecular weight excluding hydrogens is 173 g/mol. The first-order chi connectivity index (χ1) is 6.11. The van der Waals surface area contributed by atoms with Gasteiger partial charge in [0.1, 0.15) is 0 Å². The maximum absolute atomic E-state index is 13.0. The van der Waals surface area contributed by atoms with E-state index in [1.165, 1.54) is 0 Å². The predicted octanol–water partition coefficient (Wildman–Crippen LogP) is 1.15. The van der Waals surface area contributed by atoms with E-state index in [1.807, 2.05) is 0 Å². The quantitative estimate of drug-likeness (QED) is 0.659. The molecule has 74 valence electrons. The molecule has 1 N–H and O–H groups in total. The van der Waals surface area contributed by atoms with Crippen molar-refractivity contribution in [2.24, 2.45) is 0 Å². The molecule has 3 nitrogen and oxygen atoms in total. The number of allylic oxidation sites excluding steroid dienone is 1. The van der Waals surface area contributed by atoms with Crippen LogP contribution in [0, 0.1) is 0 Å². The van der Waals surface area contributed by atoms with Gasteiger partial charge in [0.25, 0.3) is 5.91 Å². The van der Waals surface area contributed by atoms with Crippen molar-refractivity contribution in [2.75, 3.05) is 13.2 Å². The predicted molar refractivity (Wildman–Crippen MR) is 46.8 cm³/mol. The number of nitrogens with one attached hydrogen (secondary N) is 1. The number of ether oxygens (including phenoxy) is 1. The first-order valence-corrected chi connectivity index (χ1v) is 4.33. The summed E-state index contributed by atoms with van der Waals surface area (Å²) in [7, 11) is 0. The highest BCUT2D eigenvalue weighted by molar-refractivity contribution is 5.91. The second-order valence-corrected chi connectivity index (χ2v) is 3.35. The molecule has 0 aromatic carbocycles. The van der Waals surface area contributed by atoms with Crippen LogP contribution < -0.4 is 5.32 Å². The molecule has 13 heavy (non-hydrogen) atoms. The second kappa shape index (κ2) is 4.37. The minimum Gasteiger partial charge on any atom is -0.379 e. The fourth-order valence-corrected chi connectivity index (χ4v) is 1.12. The molecule has 1 rings (SSSR count). The van der Waals surface area contributed by atoms with Crippen LogP contribution in [0.5, 0.6) is 0 Å². The number of hydrogen-bond donors (Lipinski definition) is 1. The summed E-state index contributed by atoms with van der Waals surface area (Å²) in [5.74, 6) is -1.32. The summed E-state index contributed by atoms with van der Waals surface area (Å²) in [5.41, 5.74) is 0.399. The van der Waals surface area contributed by atoms with Crippen LogP contribution in [0.4, 0.5) is 4.39 Å². The third-order valence-electron chi connectivity index (χ3n) is 1.90. The Balaban J connectivity index is 2.45. The summed E-state index contributed by atoms with van der Waals surface area (Å²) in [6, 6.07) is -0.0300. The molecule has 1 heterocycles. The Labute approximate surface area is 77.0 Å². The average Bonchev–Trinajstić information content (AvgIpc) is 2.55. The lowest BCUT2D eigenvalue weighted by atomic mass is 10.2. The maximum Gasteiger partial charge on any atom is 0.280 e. The van der Waals surface area contributed by atoms with Crippen LogP contribution >= 0.6 is 0 Å². The van der Waals surface area contributed by atoms with Crippen LogP contribution in [0.1, 0.15) is 20.3 Å². The summed E-state index contributed by atoms with van der Waals surface area (Å²) in [6.45, 7) is 4.27. The van der Waals surface area contributed by atoms with Crippen LogP contribution in [0.2, 0.25) is 0 Å². The highest BCUT2D eigenvalue weighted by Gasteiger charge is 2.20. The third-order valence-corrected chi connectivity index (χ3v) is 1.90. The Bertz CT molecular complexity index is 228. The largest absolute Gasteiger partial charge is 0.379 e. The molecule has 4 heteroatoms. The topological polar surface area (TPSA) is 38.3 Å². The molecule has 0 aromatic heterocycles. The van der Waals surface area contributed by atoms with Crippen molar-refractivity contribution in [3.63, 3.8) is 0 Å². The molecule has 1 unspecified atom stereocenters. The van der Waals surface area contributed by atoms with Gasteiger partial charge in [0.15, 0.2) is 5.83 Å². The van der Waals surface area contributed by atoms with Crippen LogP contribution in [-0.4, -0.2) is 25.2 Å². The Morgan fingerprint density at radius 3 is 2.69 bits per heavy atom. The molecule has 0 aromatic rings. The number of carbonyl (C=O) groups excluding carboxylic acids is 1. The normalized spacial score (nSPS) is 21.3. The summed E-state index contributed by atoms with van der Waals surface area (Å²) in [6.07, 6.45) is 0.766. The first kappa shape index (κ1) is 10.2. The van der Waals surface area contributed by atoms with Crippen molar-refractivity contribution in [1.29, 1.82) is 0 Å². The average molecular weight is 187 g/mol. The maximum atomic E-state index is 13.0. The number of hydrogen-bond acceptors (Lipinski definition) is 2. The van der Waals surface area contributed by atoms with Gasteiger partial charge in [0.05, 0.1) is 12.6 Å². The standard InChI is InChI=1S/C9H14FNO2/c1-6(2)8(10)9(12)11-7-3-4-13-5-7/h7H,3-5H2,1-2H3,(H,11,12). The highest BCUT2D eigenvalue weighted by Crippen LogP contribution is 2.08. The van der Waals surface area contributed by atoms with Crippen molar-refractivity contribution >= 4 is 5.91 Å². The number of halogens is 1. The van der Waals surface area contributed by atoms with E-state index in [0.29, 0.717) is 18.8 Å². The van der Waals surface area contributed by atoms with Gasteiger partial charge in [-0.15, -0.1) is 0 Å². The van der Waals surface area contributed by atoms with Crippen molar-refractivity contribution in [2.45, 2.75) is 26.3 Å². The van der Waals surface area contributed by atoms with Gasteiger partial charge < -0.3 is 10.1 Å². The number of rotatable bonds is 2. The van der Waals surface area contributed by atoms with Gasteiger partial charge in [0, 0.05) is 6.61 Å². The zero-order valence-electron chi connectivity index (χ0n) is 7.89. The van der Waals surface area contributed by atoms with E-state index in [0.717, 1.165) is 6.42 Å². The summed E-state index contributed by atoms with van der Waals surface area (Å²) in [5, 5.41) is 2.56. The smallest absolute Gasteiger partial charge is 0.280 e. The molecular formula is C9H14FNO2. The molecule has 0 radical (unpaired) electrons. The Kier molecular flexibility index (Phi) is 3.42. The van der Waals surface area contributed by atoms with Crippen LogP contribution in [0.3, 0.4) is 0 Å². The Morgan fingerprint density at radius 2 is 2.23 bits per heavy atom. The van der Waals surface area contributed by atoms with Crippen LogP contribution in [0.15, 0.2) is 11.4 Å². The van der Waals surface area contributed by atoms with E-state index in [4.69, 9.17) is 4.74 Å². The van der Waals surface area contributed by atoms with Gasteiger partial charge in [-0.3, -0.25) is 4.79 Å². The van der Waals surface area contributed by atoms with Gasteiger partial charge >= 0.3 is 0 Å². The molecule has 1 fully saturated rings. The lowest BCUT2D eigenvalue weighted by Gasteiger charge is -2.09. The molecule has 0 bridgehead atoms. The van der Waals surface area contributed by atoms with Crippen molar-refractivity contribution in [3.8, 4) is 0 Å². The summed E-state index contributed by atoms with van der Waals surface area (Å²) < 4.78 is 18.0. The third kappa shape index (κ3) is 2.81. The van der Waals surface area contributed by atoms with Crippen molar-refractivity contribution in [1.82, 2.24) is 5.32 Å². The minimum absolute atomic E-state index is 0.0300. The molecule has 1 amide bonds. The Morgan fingerprint density at radius 1 is 1.54 bits per heavy atom. The van der Waals surface area contributed by atoms with E-state index in [1.54, 1.807) is 13.8 Å². The lowest BCUT2D eigenvalue weighted by molar-refractivity contribution is -0.119. The van der Waals surface area contributed by atoms with E-state index >= 15 is 0 Å². The Hall–Kier alpha value is -0.900. The van der Waals surface area contributed by atoms with Gasteiger partial charge in [-0.1, -0.05) is 0 Å². The molecule has 0 saturated carbocycles. The minimum atomic E-state index is -0.688. The van der Waals surface area contributed by atoms with Crippen molar-refractivity contribution < 1.29 is 13.9 Å². The van der Waals surface area contributed by atoms with E-state index in [2.05, 4.69) is 5.32 Å². The van der Waals surface area contributed by atoms with Crippen molar-refractivity contribution in [3.05, 3.63) is 11.4 Å². The lowest BCUT2D eigenvalue weighted by Crippen LogP contribution is -2.35. The zero-order chi connectivity index (χ0) is 9.84. The molecule has 1 aliphatic rings. The first-order valence-electron chi connectivity index (χ1n) is 4.33. The van der Waals surface area contributed by atoms with E-state index in [-0.39, 0.29) is 6.04 Å².